The van der Waals surface area contributed by atoms with E-state index in [1.807, 2.05) is 13.8 Å². The number of hydrogen-bond acceptors (Lipinski definition) is 4. The Morgan fingerprint density at radius 2 is 2.00 bits per heavy atom. The minimum absolute atomic E-state index is 0.0199. The number of carbonyl (C=O) groups excluding carboxylic acids is 1. The zero-order chi connectivity index (χ0) is 19.4. The highest BCUT2D eigenvalue weighted by atomic mass is 35.5. The number of halogens is 1. The maximum absolute atomic E-state index is 12.6. The number of nitrogens with one attached hydrogen (secondary N) is 1. The highest BCUT2D eigenvalue weighted by molar-refractivity contribution is 6.34. The van der Waals surface area contributed by atoms with E-state index in [0.29, 0.717) is 33.5 Å². The number of aliphatic hydroxyl groups excluding tert-OH is 1. The second kappa shape index (κ2) is 8.29. The molecule has 6 heteroatoms. The highest BCUT2D eigenvalue weighted by Gasteiger charge is 2.12. The van der Waals surface area contributed by atoms with Crippen molar-refractivity contribution in [3.63, 3.8) is 0 Å². The lowest BCUT2D eigenvalue weighted by Crippen LogP contribution is -2.13. The Morgan fingerprint density at radius 1 is 1.19 bits per heavy atom. The van der Waals surface area contributed by atoms with Crippen molar-refractivity contribution in [2.24, 2.45) is 0 Å². The molecule has 0 aliphatic carbocycles. The summed E-state index contributed by atoms with van der Waals surface area (Å²) >= 11 is 6.24. The van der Waals surface area contributed by atoms with Crippen molar-refractivity contribution >= 4 is 23.2 Å². The normalized spacial score (nSPS) is 10.9. The lowest BCUT2D eigenvalue weighted by Gasteiger charge is -2.12. The summed E-state index contributed by atoms with van der Waals surface area (Å²) < 4.78 is 11.2. The zero-order valence-corrected chi connectivity index (χ0v) is 15.8. The number of aliphatic hydroxyl groups is 1. The van der Waals surface area contributed by atoms with Crippen molar-refractivity contribution in [2.45, 2.75) is 26.6 Å². The molecular weight excluding hydrogens is 366 g/mol. The molecule has 0 unspecified atom stereocenters. The average molecular weight is 386 g/mol. The Kier molecular flexibility index (Phi) is 5.84. The fraction of sp³-hybridized carbons (Fsp3) is 0.190. The van der Waals surface area contributed by atoms with Crippen LogP contribution in [0.1, 0.15) is 30.0 Å². The molecule has 3 rings (SSSR count). The molecule has 27 heavy (non-hydrogen) atoms. The van der Waals surface area contributed by atoms with Gasteiger partial charge in [0.25, 0.3) is 5.91 Å². The summed E-state index contributed by atoms with van der Waals surface area (Å²) in [5.41, 5.74) is 1.68. The van der Waals surface area contributed by atoms with Gasteiger partial charge in [0.2, 0.25) is 0 Å². The van der Waals surface area contributed by atoms with Crippen molar-refractivity contribution in [1.29, 1.82) is 0 Å². The van der Waals surface area contributed by atoms with Gasteiger partial charge in [0.1, 0.15) is 23.9 Å². The third-order valence-corrected chi connectivity index (χ3v) is 4.11. The summed E-state index contributed by atoms with van der Waals surface area (Å²) in [6.07, 6.45) is 0.0199. The molecule has 0 spiro atoms. The van der Waals surface area contributed by atoms with Gasteiger partial charge >= 0.3 is 0 Å². The van der Waals surface area contributed by atoms with E-state index in [1.54, 1.807) is 54.6 Å². The molecule has 2 N–H and O–H groups in total. The van der Waals surface area contributed by atoms with E-state index >= 15 is 0 Å². The fourth-order valence-electron chi connectivity index (χ4n) is 2.57. The van der Waals surface area contributed by atoms with E-state index in [0.717, 1.165) is 5.56 Å². The number of benzene rings is 2. The molecule has 140 valence electrons. The van der Waals surface area contributed by atoms with Gasteiger partial charge < -0.3 is 19.6 Å². The third kappa shape index (κ3) is 4.70. The molecule has 0 saturated heterocycles. The zero-order valence-electron chi connectivity index (χ0n) is 15.0. The first-order valence-electron chi connectivity index (χ1n) is 8.54. The van der Waals surface area contributed by atoms with Crippen molar-refractivity contribution in [3.8, 4) is 17.1 Å². The van der Waals surface area contributed by atoms with Gasteiger partial charge in [0.15, 0.2) is 0 Å². The van der Waals surface area contributed by atoms with Crippen molar-refractivity contribution < 1.29 is 19.1 Å². The third-order valence-electron chi connectivity index (χ3n) is 3.78. The summed E-state index contributed by atoms with van der Waals surface area (Å²) in [7, 11) is 0. The number of furan rings is 1. The molecule has 1 amide bonds. The fourth-order valence-corrected chi connectivity index (χ4v) is 2.73. The van der Waals surface area contributed by atoms with Crippen LogP contribution in [-0.2, 0) is 6.61 Å². The summed E-state index contributed by atoms with van der Waals surface area (Å²) in [6, 6.07) is 15.6. The smallest absolute Gasteiger partial charge is 0.255 e. The van der Waals surface area contributed by atoms with Crippen LogP contribution in [0.3, 0.4) is 0 Å². The van der Waals surface area contributed by atoms with E-state index in [1.165, 1.54) is 0 Å². The van der Waals surface area contributed by atoms with E-state index in [-0.39, 0.29) is 18.6 Å². The Labute approximate surface area is 162 Å². The molecule has 0 aliphatic heterocycles. The van der Waals surface area contributed by atoms with Gasteiger partial charge in [0.05, 0.1) is 16.8 Å². The van der Waals surface area contributed by atoms with Gasteiger partial charge in [-0.25, -0.2) is 0 Å². The van der Waals surface area contributed by atoms with Crippen LogP contribution in [0.5, 0.6) is 5.75 Å². The Morgan fingerprint density at radius 3 is 2.70 bits per heavy atom. The predicted octanol–water partition coefficient (Wildman–Crippen LogP) is 5.13. The van der Waals surface area contributed by atoms with Gasteiger partial charge in [-0.3, -0.25) is 4.79 Å². The van der Waals surface area contributed by atoms with Crippen molar-refractivity contribution in [2.75, 3.05) is 5.32 Å². The van der Waals surface area contributed by atoms with Crippen LogP contribution in [0.25, 0.3) is 11.3 Å². The molecule has 3 aromatic rings. The SMILES string of the molecule is CC(C)Oc1cccc(C(=O)Nc2cc(-c3ccc(CO)o3)ccc2Cl)c1. The number of anilines is 1. The van der Waals surface area contributed by atoms with E-state index < -0.39 is 0 Å². The minimum atomic E-state index is -0.293. The highest BCUT2D eigenvalue weighted by Crippen LogP contribution is 2.30. The first-order valence-corrected chi connectivity index (χ1v) is 8.91. The largest absolute Gasteiger partial charge is 0.491 e. The van der Waals surface area contributed by atoms with Gasteiger partial charge in [-0.2, -0.15) is 0 Å². The topological polar surface area (TPSA) is 71.7 Å². The maximum Gasteiger partial charge on any atom is 0.255 e. The molecule has 2 aromatic carbocycles. The monoisotopic (exact) mass is 385 g/mol. The molecule has 0 aliphatic rings. The van der Waals surface area contributed by atoms with Gasteiger partial charge in [0, 0.05) is 11.1 Å². The second-order valence-electron chi connectivity index (χ2n) is 6.27. The summed E-state index contributed by atoms with van der Waals surface area (Å²) in [4.78, 5) is 12.6. The summed E-state index contributed by atoms with van der Waals surface area (Å²) in [6.45, 7) is 3.68. The van der Waals surface area contributed by atoms with Crippen LogP contribution in [-0.4, -0.2) is 17.1 Å². The number of carbonyl (C=O) groups is 1. The molecule has 0 fully saturated rings. The molecule has 1 aromatic heterocycles. The van der Waals surface area contributed by atoms with E-state index in [2.05, 4.69) is 5.32 Å². The number of amides is 1. The molecule has 0 radical (unpaired) electrons. The van der Waals surface area contributed by atoms with Crippen LogP contribution in [0.2, 0.25) is 5.02 Å². The first-order chi connectivity index (χ1) is 13.0. The van der Waals surface area contributed by atoms with Gasteiger partial charge in [-0.15, -0.1) is 0 Å². The Bertz CT molecular complexity index is 949. The Balaban J connectivity index is 1.82. The standard InChI is InChI=1S/C21H20ClNO4/c1-13(2)26-16-5-3-4-15(10-16)21(25)23-19-11-14(6-8-18(19)22)20-9-7-17(12-24)27-20/h3-11,13,24H,12H2,1-2H3,(H,23,25). The van der Waals surface area contributed by atoms with Crippen LogP contribution < -0.4 is 10.1 Å². The molecule has 0 atom stereocenters. The van der Waals surface area contributed by atoms with Crippen LogP contribution >= 0.6 is 11.6 Å². The lowest BCUT2D eigenvalue weighted by atomic mass is 10.1. The van der Waals surface area contributed by atoms with Crippen LogP contribution in [0, 0.1) is 0 Å². The van der Waals surface area contributed by atoms with Crippen molar-refractivity contribution in [1.82, 2.24) is 0 Å². The lowest BCUT2D eigenvalue weighted by molar-refractivity contribution is 0.102. The number of rotatable bonds is 6. The molecule has 0 bridgehead atoms. The Hall–Kier alpha value is -2.76. The van der Waals surface area contributed by atoms with Crippen LogP contribution in [0.15, 0.2) is 59.0 Å². The van der Waals surface area contributed by atoms with Crippen LogP contribution in [0.4, 0.5) is 5.69 Å². The number of ether oxygens (including phenoxy) is 1. The number of hydrogen-bond donors (Lipinski definition) is 2. The second-order valence-corrected chi connectivity index (χ2v) is 6.67. The quantitative estimate of drug-likeness (QED) is 0.616. The average Bonchev–Trinajstić information content (AvgIpc) is 3.12. The molecule has 0 saturated carbocycles. The molecule has 5 nitrogen and oxygen atoms in total. The molecule has 1 heterocycles. The van der Waals surface area contributed by atoms with Crippen molar-refractivity contribution in [3.05, 3.63) is 70.9 Å². The van der Waals surface area contributed by atoms with E-state index in [9.17, 15) is 4.79 Å². The van der Waals surface area contributed by atoms with E-state index in [4.69, 9.17) is 25.9 Å². The predicted molar refractivity (Wildman–Crippen MR) is 105 cm³/mol. The first kappa shape index (κ1) is 19.0. The summed E-state index contributed by atoms with van der Waals surface area (Å²) in [5.74, 6) is 1.38. The maximum atomic E-state index is 12.6. The van der Waals surface area contributed by atoms with Gasteiger partial charge in [-0.1, -0.05) is 17.7 Å². The summed E-state index contributed by atoms with van der Waals surface area (Å²) in [5, 5.41) is 12.4. The molecular formula is C21H20ClNO4. The van der Waals surface area contributed by atoms with Gasteiger partial charge in [-0.05, 0) is 62.4 Å². The minimum Gasteiger partial charge on any atom is -0.491 e.